The number of aliphatic hydroxyl groups is 1. The number of rotatable bonds is 55. The maximum atomic E-state index is 12.9. The zero-order valence-corrected chi connectivity index (χ0v) is 48.3. The van der Waals surface area contributed by atoms with Crippen LogP contribution in [0.1, 0.15) is 277 Å². The fourth-order valence-corrected chi connectivity index (χ4v) is 9.56. The van der Waals surface area contributed by atoms with E-state index < -0.39 is 20.0 Å². The van der Waals surface area contributed by atoms with Crippen LogP contribution < -0.4 is 10.2 Å². The molecule has 71 heavy (non-hydrogen) atoms. The fourth-order valence-electron chi connectivity index (χ4n) is 8.83. The molecular weight excluding hydrogens is 900 g/mol. The Morgan fingerprint density at radius 1 is 0.507 bits per heavy atom. The molecule has 0 aliphatic rings. The molecule has 0 bridgehead atoms. The van der Waals surface area contributed by atoms with Crippen molar-refractivity contribution in [1.82, 2.24) is 5.32 Å². The Balaban J connectivity index is 3.83. The molecule has 8 nitrogen and oxygen atoms in total. The summed E-state index contributed by atoms with van der Waals surface area (Å²) in [5.41, 5.74) is 0. The Hall–Kier alpha value is -1.80. The largest absolute Gasteiger partial charge is 0.756 e. The van der Waals surface area contributed by atoms with Gasteiger partial charge in [0, 0.05) is 6.42 Å². The summed E-state index contributed by atoms with van der Waals surface area (Å²) in [5.74, 6) is -0.163. The van der Waals surface area contributed by atoms with Crippen LogP contribution in [0.3, 0.4) is 0 Å². The fraction of sp³-hybridized carbons (Fsp3) is 0.823. The molecule has 3 unspecified atom stereocenters. The number of carbonyl (C=O) groups excluding carboxylic acids is 1. The highest BCUT2D eigenvalue weighted by Crippen LogP contribution is 2.38. The van der Waals surface area contributed by atoms with Crippen LogP contribution in [0.5, 0.6) is 0 Å². The number of phosphoric ester groups is 1. The van der Waals surface area contributed by atoms with Crippen molar-refractivity contribution in [2.75, 3.05) is 40.9 Å². The highest BCUT2D eigenvalue weighted by Gasteiger charge is 2.24. The summed E-state index contributed by atoms with van der Waals surface area (Å²) in [6.07, 6.45) is 71.5. The highest BCUT2D eigenvalue weighted by molar-refractivity contribution is 7.45. The Bertz CT molecular complexity index is 1340. The summed E-state index contributed by atoms with van der Waals surface area (Å²) in [4.78, 5) is 25.4. The zero-order chi connectivity index (χ0) is 52.0. The van der Waals surface area contributed by atoms with Gasteiger partial charge in [-0.15, -0.1) is 0 Å². The molecule has 1 amide bonds. The average Bonchev–Trinajstić information content (AvgIpc) is 3.33. The van der Waals surface area contributed by atoms with Gasteiger partial charge in [-0.2, -0.15) is 0 Å². The third-order valence-corrected chi connectivity index (χ3v) is 14.5. The van der Waals surface area contributed by atoms with Crippen molar-refractivity contribution in [2.45, 2.75) is 289 Å². The van der Waals surface area contributed by atoms with E-state index in [1.54, 1.807) is 0 Å². The number of quaternary nitrogens is 1. The maximum absolute atomic E-state index is 12.9. The van der Waals surface area contributed by atoms with Crippen molar-refractivity contribution >= 4 is 13.7 Å². The van der Waals surface area contributed by atoms with E-state index in [4.69, 9.17) is 9.05 Å². The predicted octanol–water partition coefficient (Wildman–Crippen LogP) is 17.9. The van der Waals surface area contributed by atoms with Crippen molar-refractivity contribution in [3.05, 3.63) is 60.8 Å². The van der Waals surface area contributed by atoms with Gasteiger partial charge >= 0.3 is 0 Å². The molecule has 0 aliphatic heterocycles. The smallest absolute Gasteiger partial charge is 0.268 e. The lowest BCUT2D eigenvalue weighted by molar-refractivity contribution is -0.870. The Morgan fingerprint density at radius 3 is 1.25 bits per heavy atom. The minimum absolute atomic E-state index is 0.0130. The molecule has 0 aliphatic carbocycles. The van der Waals surface area contributed by atoms with E-state index in [1.807, 2.05) is 21.1 Å². The molecule has 0 radical (unpaired) electrons. The molecule has 0 spiro atoms. The average molecular weight is 1020 g/mol. The van der Waals surface area contributed by atoms with Gasteiger partial charge in [0.1, 0.15) is 13.2 Å². The first-order chi connectivity index (χ1) is 34.5. The monoisotopic (exact) mass is 1020 g/mol. The van der Waals surface area contributed by atoms with Crippen LogP contribution in [0.25, 0.3) is 0 Å². The summed E-state index contributed by atoms with van der Waals surface area (Å²) in [5, 5.41) is 13.9. The number of amides is 1. The van der Waals surface area contributed by atoms with Crippen molar-refractivity contribution < 1.29 is 32.9 Å². The van der Waals surface area contributed by atoms with Gasteiger partial charge in [-0.1, -0.05) is 274 Å². The maximum Gasteiger partial charge on any atom is 0.268 e. The van der Waals surface area contributed by atoms with E-state index in [9.17, 15) is 19.4 Å². The van der Waals surface area contributed by atoms with E-state index >= 15 is 0 Å². The number of aliphatic hydroxyl groups excluding tert-OH is 1. The minimum Gasteiger partial charge on any atom is -0.756 e. The van der Waals surface area contributed by atoms with Crippen LogP contribution in [0.15, 0.2) is 60.8 Å². The number of nitrogens with one attached hydrogen (secondary N) is 1. The van der Waals surface area contributed by atoms with E-state index in [-0.39, 0.29) is 19.1 Å². The highest BCUT2D eigenvalue weighted by atomic mass is 31.2. The lowest BCUT2D eigenvalue weighted by Crippen LogP contribution is -2.46. The van der Waals surface area contributed by atoms with Gasteiger partial charge in [0.15, 0.2) is 0 Å². The molecule has 0 aromatic carbocycles. The number of unbranched alkanes of at least 4 members (excludes halogenated alkanes) is 32. The molecular formula is C62H117N2O6P. The van der Waals surface area contributed by atoms with Crippen LogP contribution in [0.4, 0.5) is 0 Å². The lowest BCUT2D eigenvalue weighted by Gasteiger charge is -2.30. The second-order valence-electron chi connectivity index (χ2n) is 21.7. The molecule has 0 aromatic rings. The van der Waals surface area contributed by atoms with Crippen molar-refractivity contribution in [2.24, 2.45) is 0 Å². The normalized spacial score (nSPS) is 14.3. The second kappa shape index (κ2) is 53.0. The van der Waals surface area contributed by atoms with Crippen molar-refractivity contribution in [3.8, 4) is 0 Å². The number of nitrogens with zero attached hydrogens (tertiary/aromatic N) is 1. The zero-order valence-electron chi connectivity index (χ0n) is 47.4. The van der Waals surface area contributed by atoms with Gasteiger partial charge in [0.25, 0.3) is 7.82 Å². The van der Waals surface area contributed by atoms with Crippen molar-refractivity contribution in [1.29, 1.82) is 0 Å². The lowest BCUT2D eigenvalue weighted by atomic mass is 10.0. The van der Waals surface area contributed by atoms with E-state index in [2.05, 4.69) is 79.9 Å². The summed E-state index contributed by atoms with van der Waals surface area (Å²) >= 11 is 0. The second-order valence-corrected chi connectivity index (χ2v) is 23.1. The number of allylic oxidation sites excluding steroid dienone is 10. The molecule has 2 N–H and O–H groups in total. The Labute approximate surface area is 441 Å². The molecule has 0 saturated heterocycles. The number of carbonyl (C=O) groups is 1. The van der Waals surface area contributed by atoms with Gasteiger partial charge in [-0.05, 0) is 57.8 Å². The third kappa shape index (κ3) is 55.8. The molecule has 0 heterocycles. The quantitative estimate of drug-likeness (QED) is 0.0272. The van der Waals surface area contributed by atoms with Gasteiger partial charge in [0.05, 0.1) is 39.9 Å². The van der Waals surface area contributed by atoms with Gasteiger partial charge in [-0.3, -0.25) is 9.36 Å². The molecule has 0 aromatic heterocycles. The third-order valence-electron chi connectivity index (χ3n) is 13.5. The van der Waals surface area contributed by atoms with Gasteiger partial charge in [-0.25, -0.2) is 0 Å². The molecule has 3 atom stereocenters. The first-order valence-electron chi connectivity index (χ1n) is 30.1. The Kier molecular flexibility index (Phi) is 51.7. The number of phosphoric acid groups is 1. The summed E-state index contributed by atoms with van der Waals surface area (Å²) in [7, 11) is 1.31. The number of hydrogen-bond donors (Lipinski definition) is 2. The summed E-state index contributed by atoms with van der Waals surface area (Å²) in [6.45, 7) is 4.60. The number of hydrogen-bond acceptors (Lipinski definition) is 6. The minimum atomic E-state index is -4.56. The summed E-state index contributed by atoms with van der Waals surface area (Å²) < 4.78 is 23.3. The van der Waals surface area contributed by atoms with Crippen LogP contribution in [-0.2, 0) is 18.4 Å². The molecule has 0 saturated carbocycles. The van der Waals surface area contributed by atoms with Crippen LogP contribution >= 0.6 is 7.82 Å². The topological polar surface area (TPSA) is 108 Å². The molecule has 0 fully saturated rings. The predicted molar refractivity (Wildman–Crippen MR) is 307 cm³/mol. The molecule has 0 rings (SSSR count). The van der Waals surface area contributed by atoms with Crippen molar-refractivity contribution in [3.63, 3.8) is 0 Å². The number of likely N-dealkylation sites (N-methyl/N-ethyl adjacent to an activating group) is 1. The standard InChI is InChI=1S/C62H117N2O6P/c1-6-8-10-12-14-16-18-19-20-21-22-23-24-25-26-27-28-29-30-31-32-33-34-35-36-37-38-39-40-41-42-43-44-45-46-48-50-52-54-56-62(66)63-60(59-70-71(67,68)69-58-57-64(3,4)5)61(65)55-53-51-49-47-17-15-13-11-9-7-2/h8,10,14,16,19-20,22-23,25-26,60-61,65H,6-7,9,11-13,15,17-18,21,24,27-59H2,1-5H3,(H-,63,66,67,68)/b10-8-,16-14-,20-19-,23-22-,26-25-. The first-order valence-corrected chi connectivity index (χ1v) is 31.6. The van der Waals surface area contributed by atoms with Gasteiger partial charge in [0.2, 0.25) is 5.91 Å². The van der Waals surface area contributed by atoms with Crippen LogP contribution in [-0.4, -0.2) is 68.5 Å². The van der Waals surface area contributed by atoms with Crippen LogP contribution in [0, 0.1) is 0 Å². The first kappa shape index (κ1) is 69.2. The van der Waals surface area contributed by atoms with E-state index in [1.165, 1.54) is 180 Å². The molecule has 416 valence electrons. The summed E-state index contributed by atoms with van der Waals surface area (Å²) in [6, 6.07) is -0.798. The van der Waals surface area contributed by atoms with Crippen LogP contribution in [0.2, 0.25) is 0 Å². The van der Waals surface area contributed by atoms with Gasteiger partial charge < -0.3 is 28.8 Å². The van der Waals surface area contributed by atoms with E-state index in [0.29, 0.717) is 23.9 Å². The SMILES string of the molecule is CC/C=C\C/C=C\C/C=C\C/C=C\C/C=C\CCCCCCCCCCCCCCCCCCCCCCCCCC(=O)NC(COP(=O)([O-])OCC[N+](C)(C)C)C(O)CCCCCCCCCCCC. The Morgan fingerprint density at radius 2 is 0.859 bits per heavy atom. The van der Waals surface area contributed by atoms with E-state index in [0.717, 1.165) is 70.6 Å². The molecule has 9 heteroatoms.